The molecule has 1 aliphatic heterocycles. The van der Waals surface area contributed by atoms with E-state index in [1.165, 1.54) is 0 Å². The summed E-state index contributed by atoms with van der Waals surface area (Å²) in [6.45, 7) is 2.51. The fourth-order valence-corrected chi connectivity index (χ4v) is 5.47. The number of nitrogens with zero attached hydrogens (tertiary/aromatic N) is 1. The van der Waals surface area contributed by atoms with Crippen molar-refractivity contribution in [2.75, 3.05) is 23.3 Å². The lowest BCUT2D eigenvalue weighted by Gasteiger charge is -2.31. The summed E-state index contributed by atoms with van der Waals surface area (Å²) < 4.78 is 0. The quantitative estimate of drug-likeness (QED) is 0.397. The zero-order valence-corrected chi connectivity index (χ0v) is 19.1. The zero-order valence-electron chi connectivity index (χ0n) is 18.3. The van der Waals surface area contributed by atoms with Crippen LogP contribution in [-0.4, -0.2) is 47.1 Å². The molecule has 0 aliphatic carbocycles. The second-order valence-corrected chi connectivity index (χ2v) is 8.91. The molecule has 0 saturated heterocycles. The molecular formula is C24H23N3O6S. The van der Waals surface area contributed by atoms with Crippen molar-refractivity contribution in [3.8, 4) is 0 Å². The summed E-state index contributed by atoms with van der Waals surface area (Å²) in [5, 5.41) is 26.3. The van der Waals surface area contributed by atoms with Crippen LogP contribution in [0.2, 0.25) is 0 Å². The Bertz CT molecular complexity index is 1300. The highest BCUT2D eigenvalue weighted by molar-refractivity contribution is 7.17. The Morgan fingerprint density at radius 3 is 2.53 bits per heavy atom. The largest absolute Gasteiger partial charge is 0.478 e. The van der Waals surface area contributed by atoms with Crippen molar-refractivity contribution in [3.63, 3.8) is 0 Å². The normalized spacial score (nSPS) is 14.9. The van der Waals surface area contributed by atoms with Gasteiger partial charge >= 0.3 is 17.8 Å². The summed E-state index contributed by atoms with van der Waals surface area (Å²) in [7, 11) is 0. The van der Waals surface area contributed by atoms with Crippen LogP contribution in [0.25, 0.3) is 10.8 Å². The molecular weight excluding hydrogens is 458 g/mol. The molecule has 2 aromatic carbocycles. The van der Waals surface area contributed by atoms with E-state index < -0.39 is 17.8 Å². The van der Waals surface area contributed by atoms with Crippen LogP contribution in [0.5, 0.6) is 0 Å². The van der Waals surface area contributed by atoms with Crippen LogP contribution in [-0.2, 0) is 20.8 Å². The number of thiophene rings is 1. The van der Waals surface area contributed by atoms with Gasteiger partial charge in [-0.3, -0.25) is 9.59 Å². The standard InChI is InChI=1S/C24H23N3O6S/c1-2-18(28)27(15-8-7-13-5-3-4-6-14(13)11-15)12-17-20-16(9-10-25-17)19(23(30)31)22(34-20)26-21(29)24(32)33/h3-8,11,17,25H,2,9-10,12H2,1H3,(H,26,29)(H,30,31)(H,32,33). The average Bonchev–Trinajstić information content (AvgIpc) is 3.20. The van der Waals surface area contributed by atoms with Gasteiger partial charge < -0.3 is 25.7 Å². The van der Waals surface area contributed by atoms with E-state index in [4.69, 9.17) is 5.11 Å². The maximum atomic E-state index is 12.9. The fourth-order valence-electron chi connectivity index (χ4n) is 4.16. The van der Waals surface area contributed by atoms with Gasteiger partial charge in [-0.1, -0.05) is 37.3 Å². The van der Waals surface area contributed by atoms with E-state index in [-0.39, 0.29) is 35.5 Å². The number of carboxylic acid groups (broad SMARTS) is 2. The van der Waals surface area contributed by atoms with E-state index >= 15 is 0 Å². The number of hydrogen-bond donors (Lipinski definition) is 4. The highest BCUT2D eigenvalue weighted by atomic mass is 32.1. The summed E-state index contributed by atoms with van der Waals surface area (Å²) in [5.41, 5.74) is 1.18. The first-order valence-corrected chi connectivity index (χ1v) is 11.6. The first-order valence-electron chi connectivity index (χ1n) is 10.8. The van der Waals surface area contributed by atoms with Crippen LogP contribution >= 0.6 is 11.3 Å². The lowest BCUT2D eigenvalue weighted by atomic mass is 9.98. The molecule has 0 fully saturated rings. The number of nitrogens with one attached hydrogen (secondary N) is 2. The highest BCUT2D eigenvalue weighted by Gasteiger charge is 2.33. The SMILES string of the molecule is CCC(=O)N(CC1NCCc2c1sc(NC(=O)C(=O)O)c2C(=O)O)c1ccc2ccccc2c1. The number of aromatic carboxylic acids is 1. The van der Waals surface area contributed by atoms with Crippen LogP contribution < -0.4 is 15.5 Å². The van der Waals surface area contributed by atoms with Crippen molar-refractivity contribution in [2.45, 2.75) is 25.8 Å². The topological polar surface area (TPSA) is 136 Å². The number of anilines is 2. The number of fused-ring (bicyclic) bond motifs is 2. The van der Waals surface area contributed by atoms with Gasteiger partial charge in [0.15, 0.2) is 0 Å². The van der Waals surface area contributed by atoms with Gasteiger partial charge in [0.1, 0.15) is 5.00 Å². The summed E-state index contributed by atoms with van der Waals surface area (Å²) in [5.74, 6) is -4.33. The van der Waals surface area contributed by atoms with Crippen LogP contribution in [0.1, 0.15) is 40.2 Å². The first-order chi connectivity index (χ1) is 16.3. The highest BCUT2D eigenvalue weighted by Crippen LogP contribution is 2.40. The number of hydrogen-bond acceptors (Lipinski definition) is 6. The van der Waals surface area contributed by atoms with E-state index in [0.717, 1.165) is 27.8 Å². The molecule has 0 bridgehead atoms. The number of carbonyl (C=O) groups is 4. The van der Waals surface area contributed by atoms with Crippen LogP contribution in [0, 0.1) is 0 Å². The van der Waals surface area contributed by atoms with Gasteiger partial charge in [0.25, 0.3) is 0 Å². The second kappa shape index (κ2) is 9.62. The van der Waals surface area contributed by atoms with Crippen LogP contribution in [0.3, 0.4) is 0 Å². The fraction of sp³-hybridized carbons (Fsp3) is 0.250. The maximum Gasteiger partial charge on any atom is 0.394 e. The minimum atomic E-state index is -1.70. The van der Waals surface area contributed by atoms with E-state index in [0.29, 0.717) is 23.4 Å². The number of aliphatic carboxylic acids is 1. The van der Waals surface area contributed by atoms with Gasteiger partial charge in [0.05, 0.1) is 11.6 Å². The molecule has 0 spiro atoms. The van der Waals surface area contributed by atoms with E-state index in [1.54, 1.807) is 11.8 Å². The molecule has 0 saturated carbocycles. The van der Waals surface area contributed by atoms with Crippen LogP contribution in [0.15, 0.2) is 42.5 Å². The number of rotatable bonds is 6. The molecule has 9 nitrogen and oxygen atoms in total. The number of amides is 2. The monoisotopic (exact) mass is 481 g/mol. The van der Waals surface area contributed by atoms with Gasteiger partial charge in [0.2, 0.25) is 5.91 Å². The summed E-state index contributed by atoms with van der Waals surface area (Å²) in [4.78, 5) is 49.9. The van der Waals surface area contributed by atoms with E-state index in [2.05, 4.69) is 10.6 Å². The van der Waals surface area contributed by atoms with Gasteiger partial charge in [-0.25, -0.2) is 9.59 Å². The minimum absolute atomic E-state index is 0.0160. The van der Waals surface area contributed by atoms with Gasteiger partial charge in [-0.05, 0) is 41.4 Å². The summed E-state index contributed by atoms with van der Waals surface area (Å²) in [6, 6.07) is 13.2. The average molecular weight is 482 g/mol. The third-order valence-corrected chi connectivity index (χ3v) is 7.03. The molecule has 4 rings (SSSR count). The van der Waals surface area contributed by atoms with Crippen molar-refractivity contribution < 1.29 is 29.4 Å². The van der Waals surface area contributed by atoms with Crippen molar-refractivity contribution in [1.29, 1.82) is 0 Å². The molecule has 3 aromatic rings. The molecule has 10 heteroatoms. The van der Waals surface area contributed by atoms with Crippen molar-refractivity contribution >= 4 is 56.6 Å². The number of carbonyl (C=O) groups excluding carboxylic acids is 2. The Hall–Kier alpha value is -3.76. The summed E-state index contributed by atoms with van der Waals surface area (Å²) in [6.07, 6.45) is 0.696. The van der Waals surface area contributed by atoms with Crippen molar-refractivity contribution in [3.05, 3.63) is 58.5 Å². The molecule has 4 N–H and O–H groups in total. The molecule has 2 heterocycles. The number of benzene rings is 2. The van der Waals surface area contributed by atoms with Gasteiger partial charge in [-0.15, -0.1) is 11.3 Å². The van der Waals surface area contributed by atoms with Crippen LogP contribution in [0.4, 0.5) is 10.7 Å². The summed E-state index contributed by atoms with van der Waals surface area (Å²) >= 11 is 1.03. The molecule has 176 valence electrons. The van der Waals surface area contributed by atoms with Crippen molar-refractivity contribution in [1.82, 2.24) is 5.32 Å². The molecule has 1 atom stereocenters. The minimum Gasteiger partial charge on any atom is -0.478 e. The third-order valence-electron chi connectivity index (χ3n) is 5.77. The lowest BCUT2D eigenvalue weighted by Crippen LogP contribution is -2.41. The van der Waals surface area contributed by atoms with E-state index in [9.17, 15) is 24.3 Å². The number of carboxylic acids is 2. The van der Waals surface area contributed by atoms with Gasteiger partial charge in [-0.2, -0.15) is 0 Å². The Morgan fingerprint density at radius 1 is 1.12 bits per heavy atom. The molecule has 0 radical (unpaired) electrons. The first kappa shape index (κ1) is 23.4. The molecule has 1 aromatic heterocycles. The Morgan fingerprint density at radius 2 is 1.85 bits per heavy atom. The third kappa shape index (κ3) is 4.50. The molecule has 1 unspecified atom stereocenters. The van der Waals surface area contributed by atoms with Crippen molar-refractivity contribution in [2.24, 2.45) is 0 Å². The Balaban J connectivity index is 1.71. The van der Waals surface area contributed by atoms with Gasteiger partial charge in [0, 0.05) is 23.5 Å². The Labute approximate surface area is 199 Å². The zero-order chi connectivity index (χ0) is 24.4. The molecule has 2 amide bonds. The predicted molar refractivity (Wildman–Crippen MR) is 129 cm³/mol. The lowest BCUT2D eigenvalue weighted by molar-refractivity contribution is -0.147. The Kier molecular flexibility index (Phi) is 6.62. The smallest absolute Gasteiger partial charge is 0.394 e. The second-order valence-electron chi connectivity index (χ2n) is 7.86. The molecule has 1 aliphatic rings. The van der Waals surface area contributed by atoms with E-state index in [1.807, 2.05) is 42.5 Å². The predicted octanol–water partition coefficient (Wildman–Crippen LogP) is 3.25. The maximum absolute atomic E-state index is 12.9. The molecule has 34 heavy (non-hydrogen) atoms.